The van der Waals surface area contributed by atoms with Crippen LogP contribution in [0.3, 0.4) is 0 Å². The fraction of sp³-hybridized carbons (Fsp3) is 0.500. The largest absolute Gasteiger partial charge is 0.373 e. The van der Waals surface area contributed by atoms with Crippen molar-refractivity contribution in [1.29, 1.82) is 0 Å². The minimum absolute atomic E-state index is 0.0186. The van der Waals surface area contributed by atoms with Crippen LogP contribution >= 0.6 is 0 Å². The van der Waals surface area contributed by atoms with Crippen LogP contribution in [0.2, 0.25) is 0 Å². The average Bonchev–Trinajstić information content (AvgIpc) is 2.54. The van der Waals surface area contributed by atoms with Crippen LogP contribution in [0.5, 0.6) is 0 Å². The molecule has 0 amide bonds. The second kappa shape index (κ2) is 7.00. The molecule has 7 nitrogen and oxygen atoms in total. The minimum atomic E-state index is -3.33. The lowest BCUT2D eigenvalue weighted by atomic mass is 10.2. The van der Waals surface area contributed by atoms with Crippen LogP contribution < -0.4 is 5.32 Å². The Morgan fingerprint density at radius 3 is 2.67 bits per heavy atom. The molecule has 1 fully saturated rings. The predicted octanol–water partition coefficient (Wildman–Crippen LogP) is 1.48. The monoisotopic (exact) mass is 350 g/mol. The lowest BCUT2D eigenvalue weighted by Gasteiger charge is -2.34. The van der Waals surface area contributed by atoms with Crippen molar-refractivity contribution < 1.29 is 13.2 Å². The number of nitrogens with zero attached hydrogens (tertiary/aromatic N) is 3. The first-order valence-corrected chi connectivity index (χ1v) is 9.63. The number of hydrogen-bond donors (Lipinski definition) is 1. The van der Waals surface area contributed by atoms with Gasteiger partial charge in [-0.25, -0.2) is 18.4 Å². The molecule has 0 radical (unpaired) electrons. The third-order valence-electron chi connectivity index (χ3n) is 3.97. The van der Waals surface area contributed by atoms with Gasteiger partial charge in [-0.2, -0.15) is 4.31 Å². The summed E-state index contributed by atoms with van der Waals surface area (Å²) in [5.41, 5.74) is 0.827. The Kier molecular flexibility index (Phi) is 4.98. The molecule has 2 heterocycles. The van der Waals surface area contributed by atoms with Crippen molar-refractivity contribution in [2.45, 2.75) is 26.1 Å². The van der Waals surface area contributed by atoms with Gasteiger partial charge < -0.3 is 10.1 Å². The van der Waals surface area contributed by atoms with Gasteiger partial charge in [-0.1, -0.05) is 12.1 Å². The summed E-state index contributed by atoms with van der Waals surface area (Å²) in [6.45, 7) is 4.89. The van der Waals surface area contributed by atoms with E-state index in [0.717, 1.165) is 10.9 Å². The maximum atomic E-state index is 12.5. The number of morpholine rings is 1. The fourth-order valence-corrected chi connectivity index (χ4v) is 4.42. The van der Waals surface area contributed by atoms with Gasteiger partial charge in [-0.3, -0.25) is 0 Å². The lowest BCUT2D eigenvalue weighted by molar-refractivity contribution is -0.0440. The zero-order valence-electron chi connectivity index (χ0n) is 13.8. The molecule has 2 aromatic rings. The van der Waals surface area contributed by atoms with Crippen molar-refractivity contribution in [1.82, 2.24) is 14.3 Å². The Hall–Kier alpha value is -1.77. The molecule has 1 aliphatic rings. The summed E-state index contributed by atoms with van der Waals surface area (Å²) in [5.74, 6) is 0.671. The maximum absolute atomic E-state index is 12.5. The predicted molar refractivity (Wildman–Crippen MR) is 93.4 cm³/mol. The third-order valence-corrected chi connectivity index (χ3v) is 5.78. The number of fused-ring (bicyclic) bond motifs is 1. The summed E-state index contributed by atoms with van der Waals surface area (Å²) in [4.78, 5) is 8.41. The smallest absolute Gasteiger partial charge is 0.216 e. The molecular formula is C16H22N4O3S. The molecule has 8 heteroatoms. The number of nitrogens with one attached hydrogen (secondary N) is 1. The minimum Gasteiger partial charge on any atom is -0.373 e. The van der Waals surface area contributed by atoms with E-state index in [1.165, 1.54) is 10.6 Å². The molecule has 3 rings (SSSR count). The van der Waals surface area contributed by atoms with Crippen molar-refractivity contribution in [3.05, 3.63) is 30.6 Å². The molecule has 0 unspecified atom stereocenters. The van der Waals surface area contributed by atoms with Gasteiger partial charge in [0.15, 0.2) is 0 Å². The first kappa shape index (κ1) is 17.1. The van der Waals surface area contributed by atoms with Crippen molar-refractivity contribution in [3.8, 4) is 0 Å². The summed E-state index contributed by atoms with van der Waals surface area (Å²) in [6.07, 6.45) is 1.31. The van der Waals surface area contributed by atoms with E-state index in [2.05, 4.69) is 15.3 Å². The zero-order chi connectivity index (χ0) is 17.2. The van der Waals surface area contributed by atoms with Crippen molar-refractivity contribution in [2.75, 3.05) is 30.7 Å². The highest BCUT2D eigenvalue weighted by molar-refractivity contribution is 7.89. The number of anilines is 1. The summed E-state index contributed by atoms with van der Waals surface area (Å²) in [7, 11) is -3.33. The van der Waals surface area contributed by atoms with Crippen molar-refractivity contribution in [2.24, 2.45) is 0 Å². The van der Waals surface area contributed by atoms with E-state index < -0.39 is 10.0 Å². The molecule has 0 saturated carbocycles. The standard InChI is InChI=1S/C16H22N4O3S/c1-12-9-20(10-13(2)23-12)24(21,22)8-7-17-16-14-5-3-4-6-15(14)18-11-19-16/h3-6,11-13H,7-10H2,1-2H3,(H,17,18,19)/t12-,13+. The van der Waals surface area contributed by atoms with E-state index in [4.69, 9.17) is 4.74 Å². The summed E-state index contributed by atoms with van der Waals surface area (Å²) in [6, 6.07) is 7.63. The molecule has 1 saturated heterocycles. The fourth-order valence-electron chi connectivity index (χ4n) is 2.93. The molecule has 0 bridgehead atoms. The van der Waals surface area contributed by atoms with E-state index in [9.17, 15) is 8.42 Å². The maximum Gasteiger partial charge on any atom is 0.216 e. The summed E-state index contributed by atoms with van der Waals surface area (Å²) in [5, 5.41) is 4.00. The molecule has 2 atom stereocenters. The van der Waals surface area contributed by atoms with E-state index >= 15 is 0 Å². The molecule has 130 valence electrons. The number of rotatable bonds is 5. The first-order valence-electron chi connectivity index (χ1n) is 8.02. The van der Waals surface area contributed by atoms with Crippen LogP contribution in [0.15, 0.2) is 30.6 Å². The van der Waals surface area contributed by atoms with Crippen LogP contribution in [0.25, 0.3) is 10.9 Å². The van der Waals surface area contributed by atoms with Crippen LogP contribution in [-0.2, 0) is 14.8 Å². The summed E-state index contributed by atoms with van der Waals surface area (Å²) >= 11 is 0. The topological polar surface area (TPSA) is 84.4 Å². The van der Waals surface area contributed by atoms with Gasteiger partial charge in [0, 0.05) is 25.0 Å². The molecule has 0 spiro atoms. The molecular weight excluding hydrogens is 328 g/mol. The summed E-state index contributed by atoms with van der Waals surface area (Å²) < 4.78 is 32.2. The van der Waals surface area contributed by atoms with Crippen LogP contribution in [-0.4, -0.2) is 60.3 Å². The van der Waals surface area contributed by atoms with E-state index in [-0.39, 0.29) is 18.0 Å². The molecule has 1 aromatic carbocycles. The van der Waals surface area contributed by atoms with Gasteiger partial charge in [-0.15, -0.1) is 0 Å². The Balaban J connectivity index is 1.65. The van der Waals surface area contributed by atoms with Crippen LogP contribution in [0.1, 0.15) is 13.8 Å². The highest BCUT2D eigenvalue weighted by Gasteiger charge is 2.30. The molecule has 0 aliphatic carbocycles. The van der Waals surface area contributed by atoms with Gasteiger partial charge in [0.2, 0.25) is 10.0 Å². The Morgan fingerprint density at radius 2 is 1.92 bits per heavy atom. The van der Waals surface area contributed by atoms with Gasteiger partial charge in [0.1, 0.15) is 12.1 Å². The van der Waals surface area contributed by atoms with Gasteiger partial charge in [0.05, 0.1) is 23.5 Å². The average molecular weight is 350 g/mol. The normalized spacial score (nSPS) is 22.6. The van der Waals surface area contributed by atoms with E-state index in [1.807, 2.05) is 38.1 Å². The number of ether oxygens (including phenoxy) is 1. The lowest BCUT2D eigenvalue weighted by Crippen LogP contribution is -2.49. The van der Waals surface area contributed by atoms with Gasteiger partial charge >= 0.3 is 0 Å². The molecule has 24 heavy (non-hydrogen) atoms. The number of benzene rings is 1. The number of sulfonamides is 1. The number of hydrogen-bond acceptors (Lipinski definition) is 6. The molecule has 1 N–H and O–H groups in total. The quantitative estimate of drug-likeness (QED) is 0.879. The van der Waals surface area contributed by atoms with Gasteiger partial charge in [-0.05, 0) is 26.0 Å². The van der Waals surface area contributed by atoms with Crippen molar-refractivity contribution >= 4 is 26.7 Å². The van der Waals surface area contributed by atoms with E-state index in [0.29, 0.717) is 25.5 Å². The van der Waals surface area contributed by atoms with Crippen molar-refractivity contribution in [3.63, 3.8) is 0 Å². The Morgan fingerprint density at radius 1 is 1.21 bits per heavy atom. The Labute approximate surface area is 142 Å². The van der Waals surface area contributed by atoms with E-state index in [1.54, 1.807) is 0 Å². The Bertz CT molecular complexity index is 797. The number of para-hydroxylation sites is 1. The second-order valence-corrected chi connectivity index (χ2v) is 8.14. The second-order valence-electron chi connectivity index (χ2n) is 6.06. The highest BCUT2D eigenvalue weighted by atomic mass is 32.2. The van der Waals surface area contributed by atoms with Crippen LogP contribution in [0, 0.1) is 0 Å². The number of aromatic nitrogens is 2. The first-order chi connectivity index (χ1) is 11.5. The van der Waals surface area contributed by atoms with Crippen LogP contribution in [0.4, 0.5) is 5.82 Å². The highest BCUT2D eigenvalue weighted by Crippen LogP contribution is 2.19. The zero-order valence-corrected chi connectivity index (χ0v) is 14.7. The SMILES string of the molecule is C[C@@H]1CN(S(=O)(=O)CCNc2ncnc3ccccc23)C[C@H](C)O1. The third kappa shape index (κ3) is 3.82. The molecule has 1 aromatic heterocycles. The van der Waals surface area contributed by atoms with Gasteiger partial charge in [0.25, 0.3) is 0 Å². The molecule has 1 aliphatic heterocycles.